The zero-order valence-corrected chi connectivity index (χ0v) is 12.9. The zero-order chi connectivity index (χ0) is 15.9. The lowest BCUT2D eigenvalue weighted by atomic mass is 10.1. The fourth-order valence-electron chi connectivity index (χ4n) is 1.80. The Balaban J connectivity index is 2.39. The van der Waals surface area contributed by atoms with Gasteiger partial charge in [-0.2, -0.15) is 0 Å². The smallest absolute Gasteiger partial charge is 0.273 e. The monoisotopic (exact) mass is 318 g/mol. The van der Waals surface area contributed by atoms with E-state index in [2.05, 4.69) is 10.5 Å². The fraction of sp³-hybridized carbons (Fsp3) is 0.125. The Morgan fingerprint density at radius 3 is 2.45 bits per heavy atom. The number of rotatable bonds is 5. The molecule has 0 fully saturated rings. The molecule has 0 bridgehead atoms. The van der Waals surface area contributed by atoms with Crippen LogP contribution in [0.3, 0.4) is 0 Å². The molecule has 6 heteroatoms. The van der Waals surface area contributed by atoms with E-state index in [1.54, 1.807) is 42.5 Å². The van der Waals surface area contributed by atoms with Gasteiger partial charge in [0, 0.05) is 12.1 Å². The van der Waals surface area contributed by atoms with Gasteiger partial charge < -0.3 is 14.9 Å². The first kappa shape index (κ1) is 15.9. The van der Waals surface area contributed by atoms with E-state index in [4.69, 9.17) is 21.2 Å². The molecule has 114 valence electrons. The number of likely N-dealkylation sites (N-methyl/N-ethyl adjacent to an activating group) is 1. The van der Waals surface area contributed by atoms with E-state index in [0.717, 1.165) is 0 Å². The topological polar surface area (TPSA) is 59.9 Å². The van der Waals surface area contributed by atoms with Crippen molar-refractivity contribution in [3.63, 3.8) is 0 Å². The van der Waals surface area contributed by atoms with Crippen molar-refractivity contribution >= 4 is 23.2 Å². The van der Waals surface area contributed by atoms with Crippen LogP contribution in [-0.4, -0.2) is 25.8 Å². The summed E-state index contributed by atoms with van der Waals surface area (Å²) in [4.78, 5) is 16.7. The Morgan fingerprint density at radius 2 is 1.82 bits per heavy atom. The molecule has 22 heavy (non-hydrogen) atoms. The van der Waals surface area contributed by atoms with Crippen LogP contribution < -0.4 is 10.1 Å². The van der Waals surface area contributed by atoms with E-state index in [-0.39, 0.29) is 11.6 Å². The highest BCUT2D eigenvalue weighted by atomic mass is 35.5. The van der Waals surface area contributed by atoms with Gasteiger partial charge in [0.15, 0.2) is 5.71 Å². The van der Waals surface area contributed by atoms with Gasteiger partial charge in [-0.25, -0.2) is 0 Å². The number of para-hydroxylation sites is 1. The Hall–Kier alpha value is -2.53. The third-order valence-electron chi connectivity index (χ3n) is 2.81. The molecule has 0 saturated heterocycles. The van der Waals surface area contributed by atoms with Gasteiger partial charge >= 0.3 is 0 Å². The summed E-state index contributed by atoms with van der Waals surface area (Å²) in [6.07, 6.45) is 0. The van der Waals surface area contributed by atoms with Crippen LogP contribution in [0.1, 0.15) is 5.56 Å². The minimum Gasteiger partial charge on any atom is -0.457 e. The first-order valence-electron chi connectivity index (χ1n) is 6.51. The van der Waals surface area contributed by atoms with Crippen LogP contribution in [0, 0.1) is 0 Å². The van der Waals surface area contributed by atoms with Gasteiger partial charge in [-0.1, -0.05) is 28.9 Å². The van der Waals surface area contributed by atoms with Gasteiger partial charge in [0.2, 0.25) is 0 Å². The predicted octanol–water partition coefficient (Wildman–Crippen LogP) is 3.23. The lowest BCUT2D eigenvalue weighted by Crippen LogP contribution is -2.28. The summed E-state index contributed by atoms with van der Waals surface area (Å²) in [5, 5.41) is 6.93. The standard InChI is InChI=1S/C16H15ClN2O3/c1-18-16(20)15(19-21-2)13-5-3-4-6-14(13)22-12-9-7-11(17)8-10-12/h3-10H,1-2H3,(H,18,20)/b19-15+. The van der Waals surface area contributed by atoms with Crippen molar-refractivity contribution in [1.29, 1.82) is 0 Å². The molecule has 0 aliphatic carbocycles. The van der Waals surface area contributed by atoms with Crippen molar-refractivity contribution in [2.45, 2.75) is 0 Å². The van der Waals surface area contributed by atoms with E-state index in [9.17, 15) is 4.79 Å². The van der Waals surface area contributed by atoms with Crippen LogP contribution in [-0.2, 0) is 9.63 Å². The molecular formula is C16H15ClN2O3. The number of halogens is 1. The van der Waals surface area contributed by atoms with Gasteiger partial charge in [0.25, 0.3) is 5.91 Å². The highest BCUT2D eigenvalue weighted by Crippen LogP contribution is 2.27. The molecule has 0 aliphatic rings. The maximum absolute atomic E-state index is 12.0. The molecule has 0 unspecified atom stereocenters. The molecular weight excluding hydrogens is 304 g/mol. The van der Waals surface area contributed by atoms with Crippen molar-refractivity contribution in [3.8, 4) is 11.5 Å². The van der Waals surface area contributed by atoms with Crippen LogP contribution in [0.25, 0.3) is 0 Å². The summed E-state index contributed by atoms with van der Waals surface area (Å²) in [6, 6.07) is 14.0. The molecule has 1 amide bonds. The van der Waals surface area contributed by atoms with E-state index in [1.165, 1.54) is 14.2 Å². The Kier molecular flexibility index (Phi) is 5.38. The lowest BCUT2D eigenvalue weighted by Gasteiger charge is -2.12. The Morgan fingerprint density at radius 1 is 1.14 bits per heavy atom. The van der Waals surface area contributed by atoms with E-state index in [0.29, 0.717) is 22.1 Å². The van der Waals surface area contributed by atoms with Crippen molar-refractivity contribution in [3.05, 3.63) is 59.1 Å². The number of hydrogen-bond donors (Lipinski definition) is 1. The van der Waals surface area contributed by atoms with Gasteiger partial charge in [-0.15, -0.1) is 0 Å². The molecule has 2 rings (SSSR count). The SMILES string of the molecule is CNC(=O)/C(=N/OC)c1ccccc1Oc1ccc(Cl)cc1. The number of nitrogens with one attached hydrogen (secondary N) is 1. The van der Waals surface area contributed by atoms with E-state index in [1.807, 2.05) is 6.07 Å². The highest BCUT2D eigenvalue weighted by molar-refractivity contribution is 6.45. The number of nitrogens with zero attached hydrogens (tertiary/aromatic N) is 1. The number of hydrogen-bond acceptors (Lipinski definition) is 4. The number of ether oxygens (including phenoxy) is 1. The Bertz CT molecular complexity index is 684. The normalized spacial score (nSPS) is 11.0. The molecule has 1 N–H and O–H groups in total. The van der Waals surface area contributed by atoms with E-state index >= 15 is 0 Å². The Labute approximate surface area is 133 Å². The average Bonchev–Trinajstić information content (AvgIpc) is 2.55. The molecule has 0 radical (unpaired) electrons. The zero-order valence-electron chi connectivity index (χ0n) is 12.2. The third kappa shape index (κ3) is 3.77. The number of carbonyl (C=O) groups is 1. The van der Waals surface area contributed by atoms with Gasteiger partial charge in [-0.3, -0.25) is 4.79 Å². The second-order valence-electron chi connectivity index (χ2n) is 4.25. The van der Waals surface area contributed by atoms with Gasteiger partial charge in [-0.05, 0) is 36.4 Å². The lowest BCUT2D eigenvalue weighted by molar-refractivity contribution is -0.114. The number of amides is 1. The molecule has 0 heterocycles. The average molecular weight is 319 g/mol. The predicted molar refractivity (Wildman–Crippen MR) is 85.6 cm³/mol. The molecule has 0 spiro atoms. The third-order valence-corrected chi connectivity index (χ3v) is 3.06. The van der Waals surface area contributed by atoms with Crippen LogP contribution in [0.15, 0.2) is 53.7 Å². The minimum atomic E-state index is -0.367. The minimum absolute atomic E-state index is 0.134. The summed E-state index contributed by atoms with van der Waals surface area (Å²) in [5.41, 5.74) is 0.660. The summed E-state index contributed by atoms with van der Waals surface area (Å²) < 4.78 is 5.81. The molecule has 2 aromatic rings. The largest absolute Gasteiger partial charge is 0.457 e. The van der Waals surface area contributed by atoms with Crippen LogP contribution in [0.5, 0.6) is 11.5 Å². The molecule has 0 aromatic heterocycles. The quantitative estimate of drug-likeness (QED) is 0.680. The number of carbonyl (C=O) groups excluding carboxylic acids is 1. The first-order chi connectivity index (χ1) is 10.7. The second kappa shape index (κ2) is 7.47. The summed E-state index contributed by atoms with van der Waals surface area (Å²) in [6.45, 7) is 0. The fourth-order valence-corrected chi connectivity index (χ4v) is 1.93. The maximum Gasteiger partial charge on any atom is 0.273 e. The molecule has 0 aliphatic heterocycles. The number of oxime groups is 1. The van der Waals surface area contributed by atoms with Crippen LogP contribution in [0.2, 0.25) is 5.02 Å². The van der Waals surface area contributed by atoms with Crippen molar-refractivity contribution < 1.29 is 14.4 Å². The summed E-state index contributed by atoms with van der Waals surface area (Å²) >= 11 is 5.85. The van der Waals surface area contributed by atoms with E-state index < -0.39 is 0 Å². The summed E-state index contributed by atoms with van der Waals surface area (Å²) in [5.74, 6) is 0.726. The van der Waals surface area contributed by atoms with Crippen LogP contribution >= 0.6 is 11.6 Å². The number of benzene rings is 2. The van der Waals surface area contributed by atoms with Gasteiger partial charge in [0.1, 0.15) is 18.6 Å². The summed E-state index contributed by atoms with van der Waals surface area (Å²) in [7, 11) is 2.90. The first-order valence-corrected chi connectivity index (χ1v) is 6.89. The highest BCUT2D eigenvalue weighted by Gasteiger charge is 2.18. The van der Waals surface area contributed by atoms with Gasteiger partial charge in [0.05, 0.1) is 5.56 Å². The molecule has 2 aromatic carbocycles. The molecule has 0 saturated carbocycles. The molecule has 0 atom stereocenters. The molecule has 5 nitrogen and oxygen atoms in total. The van der Waals surface area contributed by atoms with Crippen LogP contribution in [0.4, 0.5) is 0 Å². The van der Waals surface area contributed by atoms with Crippen molar-refractivity contribution in [2.24, 2.45) is 5.16 Å². The maximum atomic E-state index is 12.0. The second-order valence-corrected chi connectivity index (χ2v) is 4.69. The van der Waals surface area contributed by atoms with Crippen molar-refractivity contribution in [2.75, 3.05) is 14.2 Å². The van der Waals surface area contributed by atoms with Crippen molar-refractivity contribution in [1.82, 2.24) is 5.32 Å².